The Morgan fingerprint density at radius 3 is 2.74 bits per heavy atom. The van der Waals surface area contributed by atoms with Gasteiger partial charge < -0.3 is 19.2 Å². The number of nitriles is 1. The van der Waals surface area contributed by atoms with Crippen LogP contribution in [-0.4, -0.2) is 24.1 Å². The number of aromatic nitrogens is 1. The highest BCUT2D eigenvalue weighted by atomic mass is 79.9. The summed E-state index contributed by atoms with van der Waals surface area (Å²) in [6.07, 6.45) is 1.66. The summed E-state index contributed by atoms with van der Waals surface area (Å²) in [5, 5.41) is 12.5. The van der Waals surface area contributed by atoms with Crippen molar-refractivity contribution in [1.82, 2.24) is 4.98 Å². The molecule has 1 heterocycles. The van der Waals surface area contributed by atoms with Gasteiger partial charge in [0.1, 0.15) is 17.2 Å². The Labute approximate surface area is 211 Å². The van der Waals surface area contributed by atoms with Crippen LogP contribution in [0.15, 0.2) is 69.6 Å². The average molecular weight is 532 g/mol. The highest BCUT2D eigenvalue weighted by Gasteiger charge is 2.16. The van der Waals surface area contributed by atoms with Gasteiger partial charge in [0.15, 0.2) is 23.7 Å². The number of ether oxygens (including phenoxy) is 2. The lowest BCUT2D eigenvalue weighted by Gasteiger charge is -2.15. The molecule has 1 N–H and O–H groups in total. The number of allylic oxidation sites excluding steroid dienone is 1. The summed E-state index contributed by atoms with van der Waals surface area (Å²) >= 11 is 3.50. The minimum atomic E-state index is -0.295. The van der Waals surface area contributed by atoms with Crippen LogP contribution < -0.4 is 14.8 Å². The van der Waals surface area contributed by atoms with E-state index in [1.165, 1.54) is 0 Å². The second-order valence-corrected chi connectivity index (χ2v) is 8.48. The maximum atomic E-state index is 12.4. The normalized spacial score (nSPS) is 11.2. The van der Waals surface area contributed by atoms with Gasteiger partial charge in [0.25, 0.3) is 5.91 Å². The lowest BCUT2D eigenvalue weighted by atomic mass is 10.1. The molecular weight excluding hydrogens is 510 g/mol. The zero-order chi connectivity index (χ0) is 24.8. The number of halogens is 1. The summed E-state index contributed by atoms with van der Waals surface area (Å²) in [6, 6.07) is 20.5. The van der Waals surface area contributed by atoms with E-state index in [9.17, 15) is 10.1 Å². The molecule has 1 aromatic heterocycles. The van der Waals surface area contributed by atoms with Crippen LogP contribution in [-0.2, 0) is 4.79 Å². The molecule has 0 spiro atoms. The van der Waals surface area contributed by atoms with Crippen LogP contribution in [0.4, 0.5) is 5.69 Å². The fourth-order valence-corrected chi connectivity index (χ4v) is 4.00. The lowest BCUT2D eigenvalue weighted by molar-refractivity contribution is -0.118. The molecule has 176 valence electrons. The van der Waals surface area contributed by atoms with E-state index in [0.29, 0.717) is 44.9 Å². The van der Waals surface area contributed by atoms with E-state index in [2.05, 4.69) is 32.3 Å². The lowest BCUT2D eigenvalue weighted by Crippen LogP contribution is -2.20. The fourth-order valence-electron chi connectivity index (χ4n) is 3.43. The Kier molecular flexibility index (Phi) is 7.48. The molecule has 0 aliphatic rings. The third-order valence-corrected chi connectivity index (χ3v) is 5.53. The highest BCUT2D eigenvalue weighted by Crippen LogP contribution is 2.38. The second-order valence-electron chi connectivity index (χ2n) is 7.63. The van der Waals surface area contributed by atoms with Gasteiger partial charge in [0, 0.05) is 5.69 Å². The molecule has 0 aliphatic carbocycles. The predicted molar refractivity (Wildman–Crippen MR) is 138 cm³/mol. The number of rotatable bonds is 8. The first-order valence-corrected chi connectivity index (χ1v) is 11.7. The van der Waals surface area contributed by atoms with Gasteiger partial charge in [-0.3, -0.25) is 4.79 Å². The predicted octanol–water partition coefficient (Wildman–Crippen LogP) is 6.38. The third kappa shape index (κ3) is 5.89. The van der Waals surface area contributed by atoms with Crippen molar-refractivity contribution in [2.24, 2.45) is 0 Å². The van der Waals surface area contributed by atoms with E-state index < -0.39 is 0 Å². The van der Waals surface area contributed by atoms with Crippen molar-refractivity contribution >= 4 is 50.3 Å². The number of benzene rings is 3. The van der Waals surface area contributed by atoms with Crippen molar-refractivity contribution in [1.29, 1.82) is 5.26 Å². The Hall–Kier alpha value is -4.09. The van der Waals surface area contributed by atoms with Crippen molar-refractivity contribution in [3.63, 3.8) is 0 Å². The number of hydrogen-bond acceptors (Lipinski definition) is 6. The number of carbonyl (C=O) groups excluding carboxylic acids is 1. The molecule has 0 fully saturated rings. The van der Waals surface area contributed by atoms with E-state index in [1.807, 2.05) is 56.3 Å². The number of carbonyl (C=O) groups is 1. The van der Waals surface area contributed by atoms with Crippen LogP contribution >= 0.6 is 15.9 Å². The monoisotopic (exact) mass is 531 g/mol. The van der Waals surface area contributed by atoms with Crippen LogP contribution in [0.5, 0.6) is 11.5 Å². The van der Waals surface area contributed by atoms with Crippen LogP contribution in [0.1, 0.15) is 23.9 Å². The van der Waals surface area contributed by atoms with E-state index in [1.54, 1.807) is 24.3 Å². The highest BCUT2D eigenvalue weighted by molar-refractivity contribution is 9.10. The molecule has 4 rings (SSSR count). The first kappa shape index (κ1) is 24.0. The average Bonchev–Trinajstić information content (AvgIpc) is 3.26. The molecule has 0 bridgehead atoms. The Balaban J connectivity index is 1.56. The maximum absolute atomic E-state index is 12.4. The van der Waals surface area contributed by atoms with Gasteiger partial charge in [-0.25, -0.2) is 4.98 Å². The topological polar surface area (TPSA) is 97.4 Å². The molecule has 4 aromatic rings. The number of nitrogens with zero attached hydrogens (tertiary/aromatic N) is 2. The number of para-hydroxylation sites is 2. The zero-order valence-corrected chi connectivity index (χ0v) is 20.8. The number of amides is 1. The summed E-state index contributed by atoms with van der Waals surface area (Å²) in [7, 11) is 0. The number of anilines is 1. The largest absolute Gasteiger partial charge is 0.490 e. The summed E-state index contributed by atoms with van der Waals surface area (Å²) in [5.74, 6) is 0.766. The van der Waals surface area contributed by atoms with Crippen LogP contribution in [0.3, 0.4) is 0 Å². The molecule has 0 saturated carbocycles. The molecule has 0 aliphatic heterocycles. The van der Waals surface area contributed by atoms with E-state index in [-0.39, 0.29) is 24.0 Å². The smallest absolute Gasteiger partial charge is 0.262 e. The van der Waals surface area contributed by atoms with Gasteiger partial charge in [-0.15, -0.1) is 0 Å². The molecular formula is C27H22BrN3O4. The number of aryl methyl sites for hydroxylation is 1. The van der Waals surface area contributed by atoms with Gasteiger partial charge in [-0.1, -0.05) is 24.3 Å². The van der Waals surface area contributed by atoms with E-state index in [0.717, 1.165) is 5.56 Å². The number of fused-ring (bicyclic) bond motifs is 1. The zero-order valence-electron chi connectivity index (χ0n) is 19.2. The number of hydrogen-bond donors (Lipinski definition) is 1. The number of oxazole rings is 1. The number of nitrogens with one attached hydrogen (secondary N) is 1. The van der Waals surface area contributed by atoms with Crippen molar-refractivity contribution in [2.45, 2.75) is 13.8 Å². The Morgan fingerprint density at radius 2 is 2.00 bits per heavy atom. The molecule has 35 heavy (non-hydrogen) atoms. The summed E-state index contributed by atoms with van der Waals surface area (Å²) in [5.41, 5.74) is 3.97. The SMILES string of the molecule is CCOc1cc(/C=C(\C#N)c2nc3ccccc3o2)cc(Br)c1OCC(=O)Nc1cccc(C)c1. The van der Waals surface area contributed by atoms with E-state index >= 15 is 0 Å². The molecule has 0 radical (unpaired) electrons. The molecule has 0 saturated heterocycles. The first-order chi connectivity index (χ1) is 17.0. The first-order valence-electron chi connectivity index (χ1n) is 10.9. The van der Waals surface area contributed by atoms with Crippen molar-refractivity contribution in [3.05, 3.63) is 82.2 Å². The Bertz CT molecular complexity index is 1420. The maximum Gasteiger partial charge on any atom is 0.262 e. The second kappa shape index (κ2) is 10.9. The molecule has 7 nitrogen and oxygen atoms in total. The van der Waals surface area contributed by atoms with Crippen molar-refractivity contribution < 1.29 is 18.7 Å². The summed E-state index contributed by atoms with van der Waals surface area (Å²) in [6.45, 7) is 4.00. The van der Waals surface area contributed by atoms with Crippen molar-refractivity contribution in [2.75, 3.05) is 18.5 Å². The fraction of sp³-hybridized carbons (Fsp3) is 0.148. The van der Waals surface area contributed by atoms with Gasteiger partial charge in [0.2, 0.25) is 5.89 Å². The van der Waals surface area contributed by atoms with Crippen LogP contribution in [0.2, 0.25) is 0 Å². The van der Waals surface area contributed by atoms with Gasteiger partial charge in [0.05, 0.1) is 11.1 Å². The van der Waals surface area contributed by atoms with Gasteiger partial charge >= 0.3 is 0 Å². The minimum Gasteiger partial charge on any atom is -0.490 e. The summed E-state index contributed by atoms with van der Waals surface area (Å²) in [4.78, 5) is 16.8. The molecule has 8 heteroatoms. The van der Waals surface area contributed by atoms with Gasteiger partial charge in [-0.2, -0.15) is 5.26 Å². The minimum absolute atomic E-state index is 0.200. The van der Waals surface area contributed by atoms with Crippen LogP contribution in [0, 0.1) is 18.3 Å². The molecule has 0 atom stereocenters. The quantitative estimate of drug-likeness (QED) is 0.265. The Morgan fingerprint density at radius 1 is 1.17 bits per heavy atom. The van der Waals surface area contributed by atoms with Crippen LogP contribution in [0.25, 0.3) is 22.7 Å². The third-order valence-electron chi connectivity index (χ3n) is 4.94. The van der Waals surface area contributed by atoms with Gasteiger partial charge in [-0.05, 0) is 83.4 Å². The summed E-state index contributed by atoms with van der Waals surface area (Å²) < 4.78 is 17.9. The van der Waals surface area contributed by atoms with E-state index in [4.69, 9.17) is 13.9 Å². The standard InChI is InChI=1S/C27H22BrN3O4/c1-3-33-24-14-18(12-19(15-29)27-31-22-9-4-5-10-23(22)35-27)13-21(28)26(24)34-16-25(32)30-20-8-6-7-17(2)11-20/h4-14H,3,16H2,1-2H3,(H,30,32)/b19-12+. The molecule has 1 amide bonds. The molecule has 0 unspecified atom stereocenters. The molecule has 3 aromatic carbocycles. The van der Waals surface area contributed by atoms with Crippen molar-refractivity contribution in [3.8, 4) is 17.6 Å².